The maximum atomic E-state index is 12.1. The Hall–Kier alpha value is -0.700. The van der Waals surface area contributed by atoms with Crippen molar-refractivity contribution in [3.63, 3.8) is 0 Å². The van der Waals surface area contributed by atoms with Gasteiger partial charge >= 0.3 is 0 Å². The van der Waals surface area contributed by atoms with Gasteiger partial charge in [-0.1, -0.05) is 13.8 Å². The second-order valence-electron chi connectivity index (χ2n) is 5.01. The van der Waals surface area contributed by atoms with Gasteiger partial charge in [0.15, 0.2) is 0 Å². The SMILES string of the molecule is CC(C)CCC(O)CNS(=O)(=O)c1cc(Br)cnc1N. The molecule has 0 aliphatic rings. The van der Waals surface area contributed by atoms with Crippen molar-refractivity contribution in [2.45, 2.75) is 37.7 Å². The van der Waals surface area contributed by atoms with Crippen LogP contribution < -0.4 is 10.5 Å². The molecule has 114 valence electrons. The lowest BCUT2D eigenvalue weighted by Gasteiger charge is -2.14. The molecule has 1 aromatic heterocycles. The van der Waals surface area contributed by atoms with Crippen molar-refractivity contribution in [1.29, 1.82) is 0 Å². The molecule has 0 saturated heterocycles. The summed E-state index contributed by atoms with van der Waals surface area (Å²) in [5.41, 5.74) is 5.57. The number of aliphatic hydroxyl groups excluding tert-OH is 1. The predicted octanol–water partition coefficient (Wildman–Crippen LogP) is 1.50. The minimum absolute atomic E-state index is 0.0407. The van der Waals surface area contributed by atoms with Gasteiger partial charge in [-0.15, -0.1) is 0 Å². The number of sulfonamides is 1. The highest BCUT2D eigenvalue weighted by Gasteiger charge is 2.20. The Bertz CT molecular complexity index is 549. The Morgan fingerprint density at radius 2 is 2.10 bits per heavy atom. The lowest BCUT2D eigenvalue weighted by Crippen LogP contribution is -2.32. The van der Waals surface area contributed by atoms with E-state index >= 15 is 0 Å². The molecular weight excluding hydrogens is 346 g/mol. The topological polar surface area (TPSA) is 105 Å². The monoisotopic (exact) mass is 365 g/mol. The van der Waals surface area contributed by atoms with Crippen LogP contribution in [-0.4, -0.2) is 31.2 Å². The molecule has 0 aromatic carbocycles. The lowest BCUT2D eigenvalue weighted by molar-refractivity contribution is 0.160. The van der Waals surface area contributed by atoms with E-state index in [-0.39, 0.29) is 17.3 Å². The highest BCUT2D eigenvalue weighted by molar-refractivity contribution is 9.10. The first-order valence-corrected chi connectivity index (χ1v) is 8.58. The molecule has 8 heteroatoms. The zero-order valence-electron chi connectivity index (χ0n) is 11.5. The maximum Gasteiger partial charge on any atom is 0.244 e. The minimum Gasteiger partial charge on any atom is -0.392 e. The van der Waals surface area contributed by atoms with Crippen molar-refractivity contribution in [3.05, 3.63) is 16.7 Å². The third-order valence-electron chi connectivity index (χ3n) is 2.72. The van der Waals surface area contributed by atoms with Crippen LogP contribution in [0.4, 0.5) is 5.82 Å². The molecule has 1 aromatic rings. The number of halogens is 1. The highest BCUT2D eigenvalue weighted by atomic mass is 79.9. The molecule has 0 spiro atoms. The van der Waals surface area contributed by atoms with E-state index in [1.807, 2.05) is 13.8 Å². The average Bonchev–Trinajstić information content (AvgIpc) is 2.36. The smallest absolute Gasteiger partial charge is 0.244 e. The molecule has 0 saturated carbocycles. The van der Waals surface area contributed by atoms with Gasteiger partial charge < -0.3 is 10.8 Å². The van der Waals surface area contributed by atoms with Crippen molar-refractivity contribution in [2.24, 2.45) is 5.92 Å². The van der Waals surface area contributed by atoms with Gasteiger partial charge in [-0.05, 0) is 40.8 Å². The van der Waals surface area contributed by atoms with E-state index in [0.29, 0.717) is 16.8 Å². The number of aliphatic hydroxyl groups is 1. The Morgan fingerprint density at radius 3 is 2.70 bits per heavy atom. The number of hydrogen-bond donors (Lipinski definition) is 3. The maximum absolute atomic E-state index is 12.1. The summed E-state index contributed by atoms with van der Waals surface area (Å²) in [6.07, 6.45) is 2.09. The van der Waals surface area contributed by atoms with Gasteiger partial charge in [-0.25, -0.2) is 18.1 Å². The first-order valence-electron chi connectivity index (χ1n) is 6.31. The Labute approximate surface area is 128 Å². The molecule has 0 radical (unpaired) electrons. The minimum atomic E-state index is -3.77. The Morgan fingerprint density at radius 1 is 1.45 bits per heavy atom. The van der Waals surface area contributed by atoms with E-state index in [2.05, 4.69) is 25.6 Å². The van der Waals surface area contributed by atoms with E-state index in [1.54, 1.807) is 0 Å². The van der Waals surface area contributed by atoms with Crippen LogP contribution in [-0.2, 0) is 10.0 Å². The molecule has 0 fully saturated rings. The Balaban J connectivity index is 2.68. The molecule has 0 bridgehead atoms. The van der Waals surface area contributed by atoms with Crippen LogP contribution in [0.3, 0.4) is 0 Å². The normalized spacial score (nSPS) is 13.7. The fraction of sp³-hybridized carbons (Fsp3) is 0.583. The van der Waals surface area contributed by atoms with Crippen molar-refractivity contribution in [3.8, 4) is 0 Å². The Kier molecular flexibility index (Phi) is 6.38. The van der Waals surface area contributed by atoms with Crippen LogP contribution in [0.15, 0.2) is 21.6 Å². The zero-order chi connectivity index (χ0) is 15.3. The highest BCUT2D eigenvalue weighted by Crippen LogP contribution is 2.20. The summed E-state index contributed by atoms with van der Waals surface area (Å²) in [5, 5.41) is 9.75. The largest absolute Gasteiger partial charge is 0.392 e. The van der Waals surface area contributed by atoms with Crippen molar-refractivity contribution >= 4 is 31.8 Å². The quantitative estimate of drug-likeness (QED) is 0.678. The van der Waals surface area contributed by atoms with Crippen LogP contribution >= 0.6 is 15.9 Å². The molecule has 6 nitrogen and oxygen atoms in total. The molecule has 20 heavy (non-hydrogen) atoms. The summed E-state index contributed by atoms with van der Waals surface area (Å²) in [7, 11) is -3.77. The molecule has 0 aliphatic carbocycles. The number of aromatic nitrogens is 1. The van der Waals surface area contributed by atoms with Gasteiger partial charge in [-0.3, -0.25) is 0 Å². The van der Waals surface area contributed by atoms with Gasteiger partial charge in [0.1, 0.15) is 10.7 Å². The molecule has 1 unspecified atom stereocenters. The van der Waals surface area contributed by atoms with Crippen LogP contribution in [0.2, 0.25) is 0 Å². The van der Waals surface area contributed by atoms with Crippen LogP contribution in [0.5, 0.6) is 0 Å². The van der Waals surface area contributed by atoms with Crippen LogP contribution in [0.25, 0.3) is 0 Å². The van der Waals surface area contributed by atoms with Crippen molar-refractivity contribution in [1.82, 2.24) is 9.71 Å². The van der Waals surface area contributed by atoms with Gasteiger partial charge in [-0.2, -0.15) is 0 Å². The van der Waals surface area contributed by atoms with Crippen LogP contribution in [0.1, 0.15) is 26.7 Å². The van der Waals surface area contributed by atoms with E-state index in [0.717, 1.165) is 6.42 Å². The van der Waals surface area contributed by atoms with E-state index in [9.17, 15) is 13.5 Å². The number of anilines is 1. The number of pyridine rings is 1. The number of rotatable bonds is 7. The van der Waals surface area contributed by atoms with Crippen LogP contribution in [0, 0.1) is 5.92 Å². The second kappa shape index (κ2) is 7.35. The fourth-order valence-corrected chi connectivity index (χ4v) is 3.22. The number of hydrogen-bond acceptors (Lipinski definition) is 5. The zero-order valence-corrected chi connectivity index (χ0v) is 13.9. The number of nitrogens with zero attached hydrogens (tertiary/aromatic N) is 1. The van der Waals surface area contributed by atoms with Gasteiger partial charge in [0.05, 0.1) is 6.10 Å². The molecule has 1 atom stereocenters. The van der Waals surface area contributed by atoms with E-state index < -0.39 is 16.1 Å². The molecule has 1 rings (SSSR count). The summed E-state index contributed by atoms with van der Waals surface area (Å²) < 4.78 is 27.0. The summed E-state index contributed by atoms with van der Waals surface area (Å²) in [6.45, 7) is 4.05. The average molecular weight is 366 g/mol. The van der Waals surface area contributed by atoms with Gasteiger partial charge in [0.25, 0.3) is 0 Å². The first-order chi connectivity index (χ1) is 9.22. The summed E-state index contributed by atoms with van der Waals surface area (Å²) in [4.78, 5) is 3.69. The summed E-state index contributed by atoms with van der Waals surface area (Å²) >= 11 is 3.15. The third-order valence-corrected chi connectivity index (χ3v) is 4.61. The second-order valence-corrected chi connectivity index (χ2v) is 7.66. The van der Waals surface area contributed by atoms with Crippen molar-refractivity contribution < 1.29 is 13.5 Å². The molecule has 0 aliphatic heterocycles. The molecule has 4 N–H and O–H groups in total. The standard InChI is InChI=1S/C12H20BrN3O3S/c1-8(2)3-4-10(17)7-16-20(18,19)11-5-9(13)6-15-12(11)14/h5-6,8,10,16-17H,3-4,7H2,1-2H3,(H2,14,15). The third kappa shape index (κ3) is 5.35. The molecular formula is C12H20BrN3O3S. The fourth-order valence-electron chi connectivity index (χ4n) is 1.56. The summed E-state index contributed by atoms with van der Waals surface area (Å²) in [6, 6.07) is 1.38. The predicted molar refractivity (Wildman–Crippen MR) is 81.6 cm³/mol. The lowest BCUT2D eigenvalue weighted by atomic mass is 10.1. The van der Waals surface area contributed by atoms with E-state index in [1.165, 1.54) is 12.3 Å². The van der Waals surface area contributed by atoms with Gasteiger partial charge in [0.2, 0.25) is 10.0 Å². The molecule has 1 heterocycles. The van der Waals surface area contributed by atoms with Gasteiger partial charge in [0, 0.05) is 17.2 Å². The number of nitrogen functional groups attached to an aromatic ring is 1. The molecule has 0 amide bonds. The number of nitrogens with one attached hydrogen (secondary N) is 1. The summed E-state index contributed by atoms with van der Waals surface area (Å²) in [5.74, 6) is 0.392. The van der Waals surface area contributed by atoms with Crippen molar-refractivity contribution in [2.75, 3.05) is 12.3 Å². The van der Waals surface area contributed by atoms with E-state index in [4.69, 9.17) is 5.73 Å². The first kappa shape index (κ1) is 17.4. The number of nitrogens with two attached hydrogens (primary N) is 1.